The molecule has 216 valence electrons. The minimum Gasteiger partial charge on any atom is -0.493 e. The summed E-state index contributed by atoms with van der Waals surface area (Å²) >= 11 is 13.5. The van der Waals surface area contributed by atoms with Crippen molar-refractivity contribution in [3.63, 3.8) is 0 Å². The van der Waals surface area contributed by atoms with Crippen molar-refractivity contribution in [3.05, 3.63) is 87.2 Å². The summed E-state index contributed by atoms with van der Waals surface area (Å²) < 4.78 is 57.1. The Hall–Kier alpha value is -3.61. The number of rotatable bonds is 10. The molecule has 0 atom stereocenters. The first-order chi connectivity index (χ1) is 19.5. The Labute approximate surface area is 247 Å². The van der Waals surface area contributed by atoms with Gasteiger partial charge in [-0.3, -0.25) is 9.36 Å². The second-order valence-corrected chi connectivity index (χ2v) is 10.2. The first-order valence-corrected chi connectivity index (χ1v) is 13.6. The van der Waals surface area contributed by atoms with Gasteiger partial charge in [-0.25, -0.2) is 0 Å². The second kappa shape index (κ2) is 12.9. The monoisotopic (exact) mass is 626 g/mol. The Balaban J connectivity index is 1.61. The number of methoxy groups -OCH3 is 3. The maximum atomic E-state index is 13.2. The van der Waals surface area contributed by atoms with Gasteiger partial charge in [0.15, 0.2) is 22.5 Å². The summed E-state index contributed by atoms with van der Waals surface area (Å²) in [7, 11) is 4.34. The molecule has 0 aliphatic rings. The summed E-state index contributed by atoms with van der Waals surface area (Å²) in [6.07, 6.45) is -4.45. The highest BCUT2D eigenvalue weighted by Gasteiger charge is 2.30. The third-order valence-corrected chi connectivity index (χ3v) is 7.56. The second-order valence-electron chi connectivity index (χ2n) is 8.42. The first kappa shape index (κ1) is 30.4. The Morgan fingerprint density at radius 2 is 1.66 bits per heavy atom. The van der Waals surface area contributed by atoms with Crippen LogP contribution in [0.15, 0.2) is 59.8 Å². The van der Waals surface area contributed by atoms with Gasteiger partial charge in [-0.15, -0.1) is 10.2 Å². The van der Waals surface area contributed by atoms with Gasteiger partial charge in [0, 0.05) is 11.3 Å². The van der Waals surface area contributed by atoms with Gasteiger partial charge in [0.25, 0.3) is 5.91 Å². The quantitative estimate of drug-likeness (QED) is 0.193. The molecule has 14 heteroatoms. The molecular formula is C27H23Cl2F3N4O4S. The van der Waals surface area contributed by atoms with Gasteiger partial charge >= 0.3 is 6.18 Å². The van der Waals surface area contributed by atoms with Crippen molar-refractivity contribution >= 4 is 40.9 Å². The van der Waals surface area contributed by atoms with Crippen LogP contribution in [0.4, 0.5) is 13.2 Å². The van der Waals surface area contributed by atoms with E-state index in [9.17, 15) is 18.0 Å². The molecule has 0 bridgehead atoms. The number of carbonyl (C=O) groups excluding carboxylic acids is 1. The average molecular weight is 627 g/mol. The molecule has 8 nitrogen and oxygen atoms in total. The number of hydrogen-bond acceptors (Lipinski definition) is 7. The lowest BCUT2D eigenvalue weighted by atomic mass is 10.1. The summed E-state index contributed by atoms with van der Waals surface area (Å²) in [5, 5.41) is 12.2. The van der Waals surface area contributed by atoms with Crippen LogP contribution in [-0.4, -0.2) is 42.0 Å². The zero-order valence-corrected chi connectivity index (χ0v) is 24.2. The molecule has 1 aromatic heterocycles. The molecule has 0 saturated carbocycles. The molecule has 0 spiro atoms. The molecule has 0 unspecified atom stereocenters. The molecule has 4 aromatic rings. The van der Waals surface area contributed by atoms with Crippen molar-refractivity contribution in [1.29, 1.82) is 0 Å². The van der Waals surface area contributed by atoms with Crippen LogP contribution in [0.25, 0.3) is 5.69 Å². The van der Waals surface area contributed by atoms with Gasteiger partial charge < -0.3 is 19.5 Å². The van der Waals surface area contributed by atoms with Gasteiger partial charge in [-0.1, -0.05) is 53.2 Å². The summed E-state index contributed by atoms with van der Waals surface area (Å²) in [6.45, 7) is -0.0488. The maximum absolute atomic E-state index is 13.2. The molecular weight excluding hydrogens is 604 g/mol. The summed E-state index contributed by atoms with van der Waals surface area (Å²) in [5.41, 5.74) is 0.509. The molecule has 41 heavy (non-hydrogen) atoms. The third kappa shape index (κ3) is 7.00. The molecule has 1 heterocycles. The van der Waals surface area contributed by atoms with Crippen LogP contribution >= 0.6 is 35.0 Å². The molecule has 4 rings (SSSR count). The third-order valence-electron chi connectivity index (χ3n) is 5.82. The number of aromatic nitrogens is 3. The molecule has 0 fully saturated rings. The van der Waals surface area contributed by atoms with E-state index in [0.717, 1.165) is 12.1 Å². The number of thioether (sulfide) groups is 1. The fraction of sp³-hybridized carbons (Fsp3) is 0.222. The summed E-state index contributed by atoms with van der Waals surface area (Å²) in [6, 6.07) is 13.0. The first-order valence-electron chi connectivity index (χ1n) is 11.8. The van der Waals surface area contributed by atoms with Crippen LogP contribution in [0.3, 0.4) is 0 Å². The van der Waals surface area contributed by atoms with Crippen molar-refractivity contribution in [1.82, 2.24) is 20.1 Å². The number of hydrogen-bond donors (Lipinski definition) is 1. The van der Waals surface area contributed by atoms with Crippen molar-refractivity contribution < 1.29 is 32.2 Å². The van der Waals surface area contributed by atoms with Crippen LogP contribution in [-0.2, 0) is 18.5 Å². The SMILES string of the molecule is COc1cc(C(=O)NCc2nnc(SCc3cccc(C(F)(F)F)c3)n2-c2ccc(Cl)c(Cl)c2)cc(OC)c1OC. The molecule has 1 amide bonds. The van der Waals surface area contributed by atoms with Crippen molar-refractivity contribution in [3.8, 4) is 22.9 Å². The number of alkyl halides is 3. The van der Waals surface area contributed by atoms with E-state index < -0.39 is 17.6 Å². The highest BCUT2D eigenvalue weighted by molar-refractivity contribution is 7.98. The highest BCUT2D eigenvalue weighted by Crippen LogP contribution is 2.38. The van der Waals surface area contributed by atoms with E-state index in [4.69, 9.17) is 37.4 Å². The van der Waals surface area contributed by atoms with Crippen molar-refractivity contribution in [2.45, 2.75) is 23.6 Å². The van der Waals surface area contributed by atoms with E-state index >= 15 is 0 Å². The van der Waals surface area contributed by atoms with Crippen LogP contribution < -0.4 is 19.5 Å². The van der Waals surface area contributed by atoms with Crippen LogP contribution in [0.2, 0.25) is 10.0 Å². The number of amides is 1. The Kier molecular flexibility index (Phi) is 9.57. The van der Waals surface area contributed by atoms with Gasteiger partial charge in [0.05, 0.1) is 49.2 Å². The number of nitrogens with zero attached hydrogens (tertiary/aromatic N) is 3. The zero-order chi connectivity index (χ0) is 29.7. The van der Waals surface area contributed by atoms with E-state index in [-0.39, 0.29) is 22.9 Å². The number of benzene rings is 3. The number of halogens is 5. The largest absolute Gasteiger partial charge is 0.493 e. The van der Waals surface area contributed by atoms with Crippen molar-refractivity contribution in [2.24, 2.45) is 0 Å². The van der Waals surface area contributed by atoms with Crippen molar-refractivity contribution in [2.75, 3.05) is 21.3 Å². The lowest BCUT2D eigenvalue weighted by molar-refractivity contribution is -0.137. The standard InChI is InChI=1S/C27H23Cl2F3N4O4S/c1-38-21-10-16(11-22(39-2)24(21)40-3)25(37)33-13-23-34-35-26(36(23)18-7-8-19(28)20(29)12-18)41-14-15-5-4-6-17(9-15)27(30,31)32/h4-12H,13-14H2,1-3H3,(H,33,37). The smallest absolute Gasteiger partial charge is 0.416 e. The maximum Gasteiger partial charge on any atom is 0.416 e. The number of carbonyl (C=O) groups is 1. The Morgan fingerprint density at radius 1 is 0.951 bits per heavy atom. The molecule has 1 N–H and O–H groups in total. The Bertz CT molecular complexity index is 1540. The minimum absolute atomic E-state index is 0.0488. The topological polar surface area (TPSA) is 87.5 Å². The highest BCUT2D eigenvalue weighted by atomic mass is 35.5. The lowest BCUT2D eigenvalue weighted by Gasteiger charge is -2.14. The van der Waals surface area contributed by atoms with Crippen LogP contribution in [0.5, 0.6) is 17.2 Å². The average Bonchev–Trinajstić information content (AvgIpc) is 3.37. The fourth-order valence-corrected chi connectivity index (χ4v) is 5.06. The molecule has 0 radical (unpaired) electrons. The molecule has 0 aliphatic heterocycles. The summed E-state index contributed by atoms with van der Waals surface area (Å²) in [5.74, 6) is 1.03. The van der Waals surface area contributed by atoms with E-state index in [1.54, 1.807) is 28.8 Å². The predicted molar refractivity (Wildman–Crippen MR) is 150 cm³/mol. The Morgan fingerprint density at radius 3 is 2.27 bits per heavy atom. The van der Waals surface area contributed by atoms with E-state index in [1.807, 2.05) is 0 Å². The van der Waals surface area contributed by atoms with Gasteiger partial charge in [0.2, 0.25) is 5.75 Å². The van der Waals surface area contributed by atoms with Gasteiger partial charge in [-0.2, -0.15) is 13.2 Å². The van der Waals surface area contributed by atoms with Gasteiger partial charge in [-0.05, 0) is 42.0 Å². The minimum atomic E-state index is -4.45. The van der Waals surface area contributed by atoms with E-state index in [0.29, 0.717) is 44.5 Å². The molecule has 0 saturated heterocycles. The summed E-state index contributed by atoms with van der Waals surface area (Å²) in [4.78, 5) is 13.1. The normalized spacial score (nSPS) is 11.3. The molecule has 3 aromatic carbocycles. The fourth-order valence-electron chi connectivity index (χ4n) is 3.85. The lowest BCUT2D eigenvalue weighted by Crippen LogP contribution is -2.25. The number of nitrogens with one attached hydrogen (secondary N) is 1. The molecule has 0 aliphatic carbocycles. The predicted octanol–water partition coefficient (Wildman–Crippen LogP) is 6.84. The van der Waals surface area contributed by atoms with Gasteiger partial charge in [0.1, 0.15) is 0 Å². The van der Waals surface area contributed by atoms with Crippen LogP contribution in [0, 0.1) is 0 Å². The van der Waals surface area contributed by atoms with Crippen LogP contribution in [0.1, 0.15) is 27.3 Å². The van der Waals surface area contributed by atoms with E-state index in [1.165, 1.54) is 51.3 Å². The van der Waals surface area contributed by atoms with E-state index in [2.05, 4.69) is 15.5 Å². The zero-order valence-electron chi connectivity index (χ0n) is 21.9. The number of ether oxygens (including phenoxy) is 3.